The molecular formula is C20H28ClN3O5. The van der Waals surface area contributed by atoms with Gasteiger partial charge in [0.05, 0.1) is 35.5 Å². The number of ether oxygens (including phenoxy) is 2. The summed E-state index contributed by atoms with van der Waals surface area (Å²) in [5.41, 5.74) is 6.93. The number of aliphatic hydroxyl groups is 1. The summed E-state index contributed by atoms with van der Waals surface area (Å²) in [6.45, 7) is 6.76. The largest absolute Gasteiger partial charge is 0.492 e. The number of carbonyl (C=O) groups excluding carboxylic acids is 2. The first kappa shape index (κ1) is 21.5. The van der Waals surface area contributed by atoms with E-state index in [0.29, 0.717) is 48.0 Å². The van der Waals surface area contributed by atoms with Crippen LogP contribution in [0.5, 0.6) is 5.75 Å². The summed E-state index contributed by atoms with van der Waals surface area (Å²) in [6.07, 6.45) is -0.0291. The maximum Gasteiger partial charge on any atom is 0.410 e. The SMILES string of the molecule is CC(C)(C)OC(=O)N1CC[C@@H](CNC(=O)c2cc(Cl)c(N)c3c2OCC3)[C@@H](O)C1. The highest BCUT2D eigenvalue weighted by molar-refractivity contribution is 6.33. The molecule has 1 aromatic carbocycles. The number of hydrogen-bond acceptors (Lipinski definition) is 6. The van der Waals surface area contributed by atoms with Crippen molar-refractivity contribution >= 4 is 29.3 Å². The maximum absolute atomic E-state index is 12.7. The summed E-state index contributed by atoms with van der Waals surface area (Å²) in [6, 6.07) is 1.51. The molecule has 0 aromatic heterocycles. The molecule has 2 heterocycles. The molecule has 1 aromatic rings. The van der Waals surface area contributed by atoms with Crippen LogP contribution in [0.2, 0.25) is 5.02 Å². The lowest BCUT2D eigenvalue weighted by atomic mass is 9.94. The van der Waals surface area contributed by atoms with Gasteiger partial charge < -0.3 is 30.5 Å². The number of nitrogen functional groups attached to an aromatic ring is 1. The van der Waals surface area contributed by atoms with Gasteiger partial charge in [0, 0.05) is 31.0 Å². The van der Waals surface area contributed by atoms with Crippen LogP contribution in [0.4, 0.5) is 10.5 Å². The third-order valence-electron chi connectivity index (χ3n) is 5.11. The Morgan fingerprint density at radius 1 is 1.45 bits per heavy atom. The molecule has 9 heteroatoms. The Hall–Kier alpha value is -2.19. The maximum atomic E-state index is 12.7. The van der Waals surface area contributed by atoms with Crippen LogP contribution >= 0.6 is 11.6 Å². The Morgan fingerprint density at radius 2 is 2.17 bits per heavy atom. The first-order valence-electron chi connectivity index (χ1n) is 9.74. The Bertz CT molecular complexity index is 808. The molecule has 2 aliphatic rings. The molecule has 3 rings (SSSR count). The minimum atomic E-state index is -0.756. The molecule has 0 spiro atoms. The van der Waals surface area contributed by atoms with Gasteiger partial charge in [0.15, 0.2) is 0 Å². The van der Waals surface area contributed by atoms with E-state index in [2.05, 4.69) is 5.32 Å². The Kier molecular flexibility index (Phi) is 6.14. The van der Waals surface area contributed by atoms with Crippen molar-refractivity contribution < 1.29 is 24.2 Å². The van der Waals surface area contributed by atoms with E-state index in [1.54, 1.807) is 20.8 Å². The third kappa shape index (κ3) is 4.87. The molecule has 0 unspecified atom stereocenters. The van der Waals surface area contributed by atoms with Crippen LogP contribution in [0, 0.1) is 5.92 Å². The van der Waals surface area contributed by atoms with E-state index in [1.165, 1.54) is 11.0 Å². The predicted molar refractivity (Wildman–Crippen MR) is 109 cm³/mol. The molecule has 29 heavy (non-hydrogen) atoms. The van der Waals surface area contributed by atoms with E-state index < -0.39 is 17.8 Å². The minimum Gasteiger partial charge on any atom is -0.492 e. The van der Waals surface area contributed by atoms with Crippen molar-refractivity contribution in [2.75, 3.05) is 32.0 Å². The average molecular weight is 426 g/mol. The lowest BCUT2D eigenvalue weighted by Crippen LogP contribution is -2.50. The molecule has 4 N–H and O–H groups in total. The summed E-state index contributed by atoms with van der Waals surface area (Å²) in [4.78, 5) is 26.4. The first-order valence-corrected chi connectivity index (χ1v) is 10.1. The molecule has 2 amide bonds. The summed E-state index contributed by atoms with van der Waals surface area (Å²) >= 11 is 6.16. The van der Waals surface area contributed by atoms with Gasteiger partial charge in [-0.15, -0.1) is 0 Å². The summed E-state index contributed by atoms with van der Waals surface area (Å²) in [7, 11) is 0. The van der Waals surface area contributed by atoms with Crippen molar-refractivity contribution in [3.05, 3.63) is 22.2 Å². The van der Waals surface area contributed by atoms with Crippen LogP contribution in [0.3, 0.4) is 0 Å². The van der Waals surface area contributed by atoms with Crippen LogP contribution < -0.4 is 15.8 Å². The van der Waals surface area contributed by atoms with E-state index in [0.717, 1.165) is 5.56 Å². The quantitative estimate of drug-likeness (QED) is 0.639. The number of likely N-dealkylation sites (tertiary alicyclic amines) is 1. The number of nitrogens with two attached hydrogens (primary N) is 1. The van der Waals surface area contributed by atoms with Gasteiger partial charge in [-0.1, -0.05) is 11.6 Å². The lowest BCUT2D eigenvalue weighted by molar-refractivity contribution is -0.0122. The number of nitrogens with zero attached hydrogens (tertiary/aromatic N) is 1. The van der Waals surface area contributed by atoms with Crippen molar-refractivity contribution in [2.45, 2.75) is 45.3 Å². The summed E-state index contributed by atoms with van der Waals surface area (Å²) < 4.78 is 10.9. The minimum absolute atomic E-state index is 0.168. The third-order valence-corrected chi connectivity index (χ3v) is 5.43. The van der Waals surface area contributed by atoms with Gasteiger partial charge >= 0.3 is 6.09 Å². The molecular weight excluding hydrogens is 398 g/mol. The monoisotopic (exact) mass is 425 g/mol. The molecule has 1 fully saturated rings. The second kappa shape index (κ2) is 8.28. The molecule has 0 bridgehead atoms. The number of β-amino-alcohol motifs (C(OH)–C–C–N with tert-alkyl or cyclic N) is 1. The number of hydrogen-bond donors (Lipinski definition) is 3. The fourth-order valence-corrected chi connectivity index (χ4v) is 3.79. The number of fused-ring (bicyclic) bond motifs is 1. The fourth-order valence-electron chi connectivity index (χ4n) is 3.57. The number of piperidine rings is 1. The van der Waals surface area contributed by atoms with E-state index in [9.17, 15) is 14.7 Å². The average Bonchev–Trinajstić information content (AvgIpc) is 3.12. The van der Waals surface area contributed by atoms with Gasteiger partial charge in [-0.3, -0.25) is 4.79 Å². The van der Waals surface area contributed by atoms with Gasteiger partial charge in [-0.25, -0.2) is 4.79 Å². The predicted octanol–water partition coefficient (Wildman–Crippen LogP) is 2.20. The highest BCUT2D eigenvalue weighted by atomic mass is 35.5. The van der Waals surface area contributed by atoms with Crippen LogP contribution in [0.1, 0.15) is 43.1 Å². The summed E-state index contributed by atoms with van der Waals surface area (Å²) in [5.74, 6) is -0.0210. The zero-order chi connectivity index (χ0) is 21.3. The number of halogens is 1. The standard InChI is InChI=1S/C20H28ClN3O5/c1-20(2,3)29-19(27)24-6-4-11(15(25)10-24)9-23-18(26)13-8-14(21)16(22)12-5-7-28-17(12)13/h8,11,15,25H,4-7,9-10,22H2,1-3H3,(H,23,26)/t11-,15-/m0/s1. The highest BCUT2D eigenvalue weighted by Crippen LogP contribution is 2.38. The van der Waals surface area contributed by atoms with E-state index in [1.807, 2.05) is 0 Å². The summed E-state index contributed by atoms with van der Waals surface area (Å²) in [5, 5.41) is 13.6. The second-order valence-electron chi connectivity index (χ2n) is 8.48. The molecule has 0 radical (unpaired) electrons. The van der Waals surface area contributed by atoms with Crippen LogP contribution in [0.25, 0.3) is 0 Å². The number of carbonyl (C=O) groups is 2. The number of nitrogens with one attached hydrogen (secondary N) is 1. The van der Waals surface area contributed by atoms with E-state index in [-0.39, 0.29) is 24.9 Å². The topological polar surface area (TPSA) is 114 Å². The molecule has 2 aliphatic heterocycles. The number of aliphatic hydroxyl groups excluding tert-OH is 1. The second-order valence-corrected chi connectivity index (χ2v) is 8.89. The van der Waals surface area contributed by atoms with Gasteiger partial charge in [0.25, 0.3) is 5.91 Å². The van der Waals surface area contributed by atoms with Crippen molar-refractivity contribution in [3.63, 3.8) is 0 Å². The Morgan fingerprint density at radius 3 is 2.83 bits per heavy atom. The Labute approximate surface area is 175 Å². The van der Waals surface area contributed by atoms with Crippen molar-refractivity contribution in [1.82, 2.24) is 10.2 Å². The van der Waals surface area contributed by atoms with Crippen molar-refractivity contribution in [2.24, 2.45) is 5.92 Å². The number of anilines is 1. The van der Waals surface area contributed by atoms with Crippen molar-refractivity contribution in [3.8, 4) is 5.75 Å². The van der Waals surface area contributed by atoms with Gasteiger partial charge in [0.1, 0.15) is 11.4 Å². The number of rotatable bonds is 3. The normalized spacial score (nSPS) is 21.3. The zero-order valence-corrected chi connectivity index (χ0v) is 17.7. The smallest absolute Gasteiger partial charge is 0.410 e. The molecule has 2 atom stereocenters. The Balaban J connectivity index is 1.58. The van der Waals surface area contributed by atoms with Crippen molar-refractivity contribution in [1.29, 1.82) is 0 Å². The van der Waals surface area contributed by atoms with Crippen LogP contribution in [-0.4, -0.2) is 60.0 Å². The van der Waals surface area contributed by atoms with E-state index in [4.69, 9.17) is 26.8 Å². The van der Waals surface area contributed by atoms with Crippen LogP contribution in [-0.2, 0) is 11.2 Å². The zero-order valence-electron chi connectivity index (χ0n) is 17.0. The molecule has 1 saturated heterocycles. The molecule has 0 aliphatic carbocycles. The lowest BCUT2D eigenvalue weighted by Gasteiger charge is -2.36. The van der Waals surface area contributed by atoms with Crippen LogP contribution in [0.15, 0.2) is 6.07 Å². The van der Waals surface area contributed by atoms with Gasteiger partial charge in [0.2, 0.25) is 0 Å². The molecule has 8 nitrogen and oxygen atoms in total. The highest BCUT2D eigenvalue weighted by Gasteiger charge is 2.33. The first-order chi connectivity index (χ1) is 13.6. The molecule has 160 valence electrons. The number of amides is 2. The number of benzene rings is 1. The van der Waals surface area contributed by atoms with Gasteiger partial charge in [-0.2, -0.15) is 0 Å². The van der Waals surface area contributed by atoms with E-state index >= 15 is 0 Å². The molecule has 0 saturated carbocycles. The van der Waals surface area contributed by atoms with Gasteiger partial charge in [-0.05, 0) is 33.3 Å². The fraction of sp³-hybridized carbons (Fsp3) is 0.600.